The highest BCUT2D eigenvalue weighted by Gasteiger charge is 2.18. The van der Waals surface area contributed by atoms with Crippen molar-refractivity contribution in [2.45, 2.75) is 47.1 Å². The van der Waals surface area contributed by atoms with Crippen molar-refractivity contribution in [3.8, 4) is 0 Å². The van der Waals surface area contributed by atoms with Gasteiger partial charge in [-0.15, -0.1) is 0 Å². The summed E-state index contributed by atoms with van der Waals surface area (Å²) in [5.74, 6) is 1.61. The molecule has 0 aromatic carbocycles. The lowest BCUT2D eigenvalue weighted by Crippen LogP contribution is -2.25. The molecule has 0 saturated heterocycles. The fraction of sp³-hybridized carbons (Fsp3) is 0.750. The number of nitrogens with zero attached hydrogens (tertiary/aromatic N) is 1. The second kappa shape index (κ2) is 5.31. The molecule has 86 valence electrons. The molecule has 0 bridgehead atoms. The molecule has 1 aromatic rings. The molecule has 3 nitrogen and oxygen atoms in total. The molecule has 0 spiro atoms. The molecule has 3 heteroatoms. The highest BCUT2D eigenvalue weighted by molar-refractivity contribution is 5.24. The Balaban J connectivity index is 2.74. The normalized spacial score (nSPS) is 13.5. The van der Waals surface area contributed by atoms with Crippen molar-refractivity contribution in [1.29, 1.82) is 0 Å². The molecule has 1 atom stereocenters. The van der Waals surface area contributed by atoms with Crippen molar-refractivity contribution < 1.29 is 4.52 Å². The molecule has 15 heavy (non-hydrogen) atoms. The van der Waals surface area contributed by atoms with Crippen molar-refractivity contribution in [2.75, 3.05) is 6.54 Å². The van der Waals surface area contributed by atoms with Gasteiger partial charge in [0.1, 0.15) is 5.76 Å². The van der Waals surface area contributed by atoms with Gasteiger partial charge in [-0.1, -0.05) is 25.9 Å². The Morgan fingerprint density at radius 1 is 1.33 bits per heavy atom. The zero-order valence-electron chi connectivity index (χ0n) is 10.4. The largest absolute Gasteiger partial charge is 0.361 e. The lowest BCUT2D eigenvalue weighted by molar-refractivity contribution is 0.388. The van der Waals surface area contributed by atoms with E-state index in [-0.39, 0.29) is 0 Å². The molecule has 1 unspecified atom stereocenters. The van der Waals surface area contributed by atoms with E-state index >= 15 is 0 Å². The van der Waals surface area contributed by atoms with E-state index in [1.54, 1.807) is 0 Å². The molecule has 1 heterocycles. The van der Waals surface area contributed by atoms with E-state index < -0.39 is 0 Å². The predicted molar refractivity (Wildman–Crippen MR) is 61.8 cm³/mol. The first-order valence-electron chi connectivity index (χ1n) is 5.72. The fourth-order valence-electron chi connectivity index (χ4n) is 1.82. The van der Waals surface area contributed by atoms with Crippen LogP contribution >= 0.6 is 0 Å². The van der Waals surface area contributed by atoms with Gasteiger partial charge in [0.05, 0.1) is 5.69 Å². The molecule has 0 amide bonds. The molecule has 1 aromatic heterocycles. The van der Waals surface area contributed by atoms with Crippen molar-refractivity contribution in [1.82, 2.24) is 10.5 Å². The number of aryl methyl sites for hydroxylation is 2. The number of hydrogen-bond acceptors (Lipinski definition) is 3. The topological polar surface area (TPSA) is 38.1 Å². The maximum absolute atomic E-state index is 5.19. The van der Waals surface area contributed by atoms with Crippen LogP contribution in [0.25, 0.3) is 0 Å². The Labute approximate surface area is 92.2 Å². The second-order valence-electron chi connectivity index (χ2n) is 4.50. The van der Waals surface area contributed by atoms with E-state index in [1.165, 1.54) is 5.56 Å². The Morgan fingerprint density at radius 2 is 2.00 bits per heavy atom. The lowest BCUT2D eigenvalue weighted by atomic mass is 10.0. The van der Waals surface area contributed by atoms with E-state index in [4.69, 9.17) is 4.52 Å². The first kappa shape index (κ1) is 12.2. The van der Waals surface area contributed by atoms with Gasteiger partial charge in [-0.2, -0.15) is 0 Å². The average Bonchev–Trinajstić information content (AvgIpc) is 2.49. The van der Waals surface area contributed by atoms with Crippen LogP contribution in [0.1, 0.15) is 50.3 Å². The van der Waals surface area contributed by atoms with Crippen LogP contribution < -0.4 is 5.32 Å². The van der Waals surface area contributed by atoms with E-state index in [0.717, 1.165) is 24.4 Å². The molecule has 1 rings (SSSR count). The van der Waals surface area contributed by atoms with Gasteiger partial charge in [0.2, 0.25) is 0 Å². The van der Waals surface area contributed by atoms with E-state index in [9.17, 15) is 0 Å². The quantitative estimate of drug-likeness (QED) is 0.812. The lowest BCUT2D eigenvalue weighted by Gasteiger charge is -2.18. The third kappa shape index (κ3) is 3.06. The first-order valence-corrected chi connectivity index (χ1v) is 5.72. The smallest absolute Gasteiger partial charge is 0.138 e. The standard InChI is InChI=1S/C12H22N2O/c1-6-11(13-7-8(2)3)12-9(4)14-15-10(12)5/h8,11,13H,6-7H2,1-5H3. The second-order valence-corrected chi connectivity index (χ2v) is 4.50. The molecule has 0 aliphatic heterocycles. The number of aromatic nitrogens is 1. The minimum atomic E-state index is 0.374. The predicted octanol–water partition coefficient (Wildman–Crippen LogP) is 2.99. The Morgan fingerprint density at radius 3 is 2.40 bits per heavy atom. The Hall–Kier alpha value is -0.830. The molecule has 0 aliphatic carbocycles. The van der Waals surface area contributed by atoms with Crippen LogP contribution in [0.15, 0.2) is 4.52 Å². The van der Waals surface area contributed by atoms with E-state index in [2.05, 4.69) is 31.2 Å². The maximum Gasteiger partial charge on any atom is 0.138 e. The number of rotatable bonds is 5. The van der Waals surface area contributed by atoms with Gasteiger partial charge in [0, 0.05) is 11.6 Å². The van der Waals surface area contributed by atoms with Gasteiger partial charge in [-0.25, -0.2) is 0 Å². The third-order valence-electron chi connectivity index (χ3n) is 2.62. The minimum absolute atomic E-state index is 0.374. The summed E-state index contributed by atoms with van der Waals surface area (Å²) < 4.78 is 5.19. The zero-order valence-corrected chi connectivity index (χ0v) is 10.4. The van der Waals surface area contributed by atoms with Crippen LogP contribution in [-0.2, 0) is 0 Å². The fourth-order valence-corrected chi connectivity index (χ4v) is 1.82. The molecular formula is C12H22N2O. The van der Waals surface area contributed by atoms with Crippen molar-refractivity contribution in [2.24, 2.45) is 5.92 Å². The Bertz CT molecular complexity index is 285. The van der Waals surface area contributed by atoms with Gasteiger partial charge in [-0.05, 0) is 32.7 Å². The van der Waals surface area contributed by atoms with Gasteiger partial charge in [0.25, 0.3) is 0 Å². The molecule has 0 radical (unpaired) electrons. The minimum Gasteiger partial charge on any atom is -0.361 e. The Kier molecular flexibility index (Phi) is 4.33. The van der Waals surface area contributed by atoms with Crippen LogP contribution in [0.2, 0.25) is 0 Å². The molecule has 0 saturated carbocycles. The zero-order chi connectivity index (χ0) is 11.4. The van der Waals surface area contributed by atoms with Crippen molar-refractivity contribution in [3.05, 3.63) is 17.0 Å². The van der Waals surface area contributed by atoms with Gasteiger partial charge in [-0.3, -0.25) is 0 Å². The maximum atomic E-state index is 5.19. The summed E-state index contributed by atoms with van der Waals surface area (Å²) >= 11 is 0. The van der Waals surface area contributed by atoms with Gasteiger partial charge in [0.15, 0.2) is 0 Å². The monoisotopic (exact) mass is 210 g/mol. The van der Waals surface area contributed by atoms with Crippen LogP contribution in [-0.4, -0.2) is 11.7 Å². The summed E-state index contributed by atoms with van der Waals surface area (Å²) in [6.07, 6.45) is 1.07. The molecule has 0 fully saturated rings. The van der Waals surface area contributed by atoms with Crippen molar-refractivity contribution in [3.63, 3.8) is 0 Å². The summed E-state index contributed by atoms with van der Waals surface area (Å²) in [6.45, 7) is 11.6. The molecule has 1 N–H and O–H groups in total. The van der Waals surface area contributed by atoms with Gasteiger partial charge < -0.3 is 9.84 Å². The van der Waals surface area contributed by atoms with Crippen LogP contribution in [0, 0.1) is 19.8 Å². The summed E-state index contributed by atoms with van der Waals surface area (Å²) in [6, 6.07) is 0.374. The van der Waals surface area contributed by atoms with Gasteiger partial charge >= 0.3 is 0 Å². The van der Waals surface area contributed by atoms with Crippen LogP contribution in [0.4, 0.5) is 0 Å². The SMILES string of the molecule is CCC(NCC(C)C)c1c(C)noc1C. The summed E-state index contributed by atoms with van der Waals surface area (Å²) in [4.78, 5) is 0. The van der Waals surface area contributed by atoms with Crippen LogP contribution in [0.3, 0.4) is 0 Å². The highest BCUT2D eigenvalue weighted by Crippen LogP contribution is 2.23. The summed E-state index contributed by atoms with van der Waals surface area (Å²) in [5, 5.41) is 7.55. The highest BCUT2D eigenvalue weighted by atomic mass is 16.5. The van der Waals surface area contributed by atoms with Crippen molar-refractivity contribution >= 4 is 0 Å². The van der Waals surface area contributed by atoms with Crippen LogP contribution in [0.5, 0.6) is 0 Å². The van der Waals surface area contributed by atoms with E-state index in [1.807, 2.05) is 13.8 Å². The third-order valence-corrected chi connectivity index (χ3v) is 2.62. The molecule has 0 aliphatic rings. The molecular weight excluding hydrogens is 188 g/mol. The van der Waals surface area contributed by atoms with E-state index in [0.29, 0.717) is 12.0 Å². The number of nitrogens with one attached hydrogen (secondary N) is 1. The average molecular weight is 210 g/mol. The first-order chi connectivity index (χ1) is 7.06. The summed E-state index contributed by atoms with van der Waals surface area (Å²) in [7, 11) is 0. The summed E-state index contributed by atoms with van der Waals surface area (Å²) in [5.41, 5.74) is 2.24. The number of hydrogen-bond donors (Lipinski definition) is 1.